The average molecular weight is 332 g/mol. The van der Waals surface area contributed by atoms with E-state index in [4.69, 9.17) is 9.16 Å². The van der Waals surface area contributed by atoms with E-state index in [1.165, 1.54) is 0 Å². The number of alkyl carbamates (subject to hydrolysis) is 1. The highest BCUT2D eigenvalue weighted by Crippen LogP contribution is 2.36. The molecule has 0 bridgehead atoms. The van der Waals surface area contributed by atoms with E-state index >= 15 is 0 Å². The zero-order valence-electron chi connectivity index (χ0n) is 16.3. The topological polar surface area (TPSA) is 47.6 Å². The van der Waals surface area contributed by atoms with Crippen LogP contribution in [-0.4, -0.2) is 32.7 Å². The van der Waals surface area contributed by atoms with Crippen molar-refractivity contribution in [3.8, 4) is 0 Å². The smallest absolute Gasteiger partial charge is 0.407 e. The summed E-state index contributed by atoms with van der Waals surface area (Å²) < 4.78 is 11.6. The minimum absolute atomic E-state index is 0.0102. The van der Waals surface area contributed by atoms with Crippen LogP contribution in [0.1, 0.15) is 61.8 Å². The molecular weight excluding hydrogens is 294 g/mol. The summed E-state index contributed by atoms with van der Waals surface area (Å²) in [4.78, 5) is 12.0. The van der Waals surface area contributed by atoms with Gasteiger partial charge in [0.25, 0.3) is 0 Å². The lowest BCUT2D eigenvalue weighted by atomic mass is 10.0. The number of hydrogen-bond donors (Lipinski definition) is 1. The fourth-order valence-electron chi connectivity index (χ4n) is 1.74. The zero-order valence-corrected chi connectivity index (χ0v) is 17.3. The van der Waals surface area contributed by atoms with E-state index in [1.54, 1.807) is 0 Å². The van der Waals surface area contributed by atoms with Crippen LogP contribution in [0, 0.1) is 5.92 Å². The Bertz CT molecular complexity index is 354. The second kappa shape index (κ2) is 7.82. The lowest BCUT2D eigenvalue weighted by molar-refractivity contribution is 0.0477. The van der Waals surface area contributed by atoms with Crippen LogP contribution < -0.4 is 5.32 Å². The van der Waals surface area contributed by atoms with Gasteiger partial charge in [-0.15, -0.1) is 0 Å². The summed E-state index contributed by atoms with van der Waals surface area (Å²) >= 11 is 0. The van der Waals surface area contributed by atoms with Gasteiger partial charge in [0.05, 0.1) is 12.6 Å². The number of amides is 1. The van der Waals surface area contributed by atoms with Gasteiger partial charge in [-0.1, -0.05) is 34.6 Å². The molecule has 0 aromatic rings. The normalized spacial score (nSPS) is 14.9. The van der Waals surface area contributed by atoms with Crippen LogP contribution in [0.15, 0.2) is 0 Å². The third kappa shape index (κ3) is 8.78. The summed E-state index contributed by atoms with van der Waals surface area (Å²) in [6.45, 7) is 21.6. The van der Waals surface area contributed by atoms with E-state index in [-0.39, 0.29) is 17.2 Å². The van der Waals surface area contributed by atoms with Gasteiger partial charge in [-0.25, -0.2) is 4.79 Å². The average Bonchev–Trinajstić information content (AvgIpc) is 2.20. The van der Waals surface area contributed by atoms with Gasteiger partial charge in [-0.3, -0.25) is 0 Å². The summed E-state index contributed by atoms with van der Waals surface area (Å²) in [7, 11) is -1.81. The van der Waals surface area contributed by atoms with Crippen LogP contribution in [0.2, 0.25) is 18.1 Å². The van der Waals surface area contributed by atoms with Crippen LogP contribution in [0.3, 0.4) is 0 Å². The number of carbonyl (C=O) groups is 1. The lowest BCUT2D eigenvalue weighted by Gasteiger charge is -2.37. The molecule has 22 heavy (non-hydrogen) atoms. The van der Waals surface area contributed by atoms with Crippen molar-refractivity contribution in [2.45, 2.75) is 91.6 Å². The van der Waals surface area contributed by atoms with Crippen molar-refractivity contribution < 1.29 is 14.0 Å². The van der Waals surface area contributed by atoms with Crippen molar-refractivity contribution in [3.63, 3.8) is 0 Å². The van der Waals surface area contributed by atoms with E-state index in [0.717, 1.165) is 6.42 Å². The molecule has 0 aromatic carbocycles. The molecular formula is C17H37NO3Si. The molecule has 0 fully saturated rings. The molecule has 0 spiro atoms. The Kier molecular flexibility index (Phi) is 7.62. The summed E-state index contributed by atoms with van der Waals surface area (Å²) in [6, 6.07) is -0.0102. The molecule has 5 heteroatoms. The van der Waals surface area contributed by atoms with Crippen LogP contribution in [0.4, 0.5) is 4.79 Å². The molecule has 0 heterocycles. The fraction of sp³-hybridized carbons (Fsp3) is 0.941. The van der Waals surface area contributed by atoms with Gasteiger partial charge in [-0.05, 0) is 51.2 Å². The van der Waals surface area contributed by atoms with E-state index < -0.39 is 13.9 Å². The monoisotopic (exact) mass is 331 g/mol. The lowest BCUT2D eigenvalue weighted by Crippen LogP contribution is -2.47. The second-order valence-electron chi connectivity index (χ2n) is 9.04. The molecule has 0 radical (unpaired) electrons. The first-order valence-corrected chi connectivity index (χ1v) is 11.2. The molecule has 4 nitrogen and oxygen atoms in total. The highest BCUT2D eigenvalue weighted by atomic mass is 28.4. The van der Waals surface area contributed by atoms with Crippen molar-refractivity contribution >= 4 is 14.4 Å². The van der Waals surface area contributed by atoms with E-state index in [0.29, 0.717) is 12.5 Å². The molecule has 1 N–H and O–H groups in total. The van der Waals surface area contributed by atoms with Crippen LogP contribution in [0.5, 0.6) is 0 Å². The van der Waals surface area contributed by atoms with Crippen LogP contribution >= 0.6 is 0 Å². The van der Waals surface area contributed by atoms with Gasteiger partial charge in [0.15, 0.2) is 8.32 Å². The van der Waals surface area contributed by atoms with Crippen molar-refractivity contribution in [3.05, 3.63) is 0 Å². The summed E-state index contributed by atoms with van der Waals surface area (Å²) in [5.74, 6) is 0.489. The molecule has 0 saturated heterocycles. The van der Waals surface area contributed by atoms with Gasteiger partial charge in [0.2, 0.25) is 0 Å². The Morgan fingerprint density at radius 3 is 1.95 bits per heavy atom. The predicted octanol–water partition coefficient (Wildman–Crippen LogP) is 4.95. The first-order chi connectivity index (χ1) is 9.64. The van der Waals surface area contributed by atoms with Crippen molar-refractivity contribution in [2.75, 3.05) is 6.61 Å². The van der Waals surface area contributed by atoms with Gasteiger partial charge in [0.1, 0.15) is 5.60 Å². The minimum Gasteiger partial charge on any atom is -0.444 e. The quantitative estimate of drug-likeness (QED) is 0.701. The number of rotatable bonds is 6. The molecule has 1 amide bonds. The molecule has 0 unspecified atom stereocenters. The Morgan fingerprint density at radius 2 is 1.59 bits per heavy atom. The molecule has 132 valence electrons. The molecule has 0 aromatic heterocycles. The second-order valence-corrected chi connectivity index (χ2v) is 13.9. The van der Waals surface area contributed by atoms with E-state index in [9.17, 15) is 4.79 Å². The molecule has 0 aliphatic carbocycles. The maximum atomic E-state index is 12.0. The van der Waals surface area contributed by atoms with Gasteiger partial charge in [-0.2, -0.15) is 0 Å². The molecule has 0 saturated carbocycles. The highest BCUT2D eigenvalue weighted by Gasteiger charge is 2.37. The van der Waals surface area contributed by atoms with Gasteiger partial charge in [0, 0.05) is 0 Å². The van der Waals surface area contributed by atoms with Crippen LogP contribution in [0.25, 0.3) is 0 Å². The maximum absolute atomic E-state index is 12.0. The Balaban J connectivity index is 4.70. The third-order valence-electron chi connectivity index (χ3n) is 3.93. The van der Waals surface area contributed by atoms with E-state index in [2.05, 4.69) is 53.0 Å². The third-order valence-corrected chi connectivity index (χ3v) is 8.43. The van der Waals surface area contributed by atoms with E-state index in [1.807, 2.05) is 20.8 Å². The van der Waals surface area contributed by atoms with Crippen molar-refractivity contribution in [1.29, 1.82) is 0 Å². The zero-order chi connectivity index (χ0) is 17.8. The van der Waals surface area contributed by atoms with Gasteiger partial charge >= 0.3 is 6.09 Å². The molecule has 0 rings (SSSR count). The number of carbonyl (C=O) groups excluding carboxylic acids is 1. The first-order valence-electron chi connectivity index (χ1n) is 8.27. The maximum Gasteiger partial charge on any atom is 0.407 e. The molecule has 0 aliphatic rings. The Morgan fingerprint density at radius 1 is 1.09 bits per heavy atom. The Labute approximate surface area is 138 Å². The minimum atomic E-state index is -1.81. The standard InChI is InChI=1S/C17H37NO3Si/c1-13(2)11-14(18-15(19)21-16(3,4)5)12-20-22(9,10)17(6,7)8/h13-14H,11-12H2,1-10H3,(H,18,19)/t14-/m0/s1. The first kappa shape index (κ1) is 21.4. The van der Waals surface area contributed by atoms with Crippen molar-refractivity contribution in [2.24, 2.45) is 5.92 Å². The largest absolute Gasteiger partial charge is 0.444 e. The van der Waals surface area contributed by atoms with Crippen molar-refractivity contribution in [1.82, 2.24) is 5.32 Å². The SMILES string of the molecule is CC(C)C[C@@H](CO[Si](C)(C)C(C)(C)C)NC(=O)OC(C)(C)C. The molecule has 1 atom stereocenters. The predicted molar refractivity (Wildman–Crippen MR) is 95.8 cm³/mol. The Hall–Kier alpha value is -0.553. The summed E-state index contributed by atoms with van der Waals surface area (Å²) in [5.41, 5.74) is -0.479. The summed E-state index contributed by atoms with van der Waals surface area (Å²) in [6.07, 6.45) is 0.519. The van der Waals surface area contributed by atoms with Crippen LogP contribution in [-0.2, 0) is 9.16 Å². The molecule has 0 aliphatic heterocycles. The number of hydrogen-bond acceptors (Lipinski definition) is 3. The summed E-state index contributed by atoms with van der Waals surface area (Å²) in [5, 5.41) is 3.13. The number of nitrogens with one attached hydrogen (secondary N) is 1. The van der Waals surface area contributed by atoms with Gasteiger partial charge < -0.3 is 14.5 Å². The number of ether oxygens (including phenoxy) is 1. The highest BCUT2D eigenvalue weighted by molar-refractivity contribution is 6.74. The fourth-order valence-corrected chi connectivity index (χ4v) is 2.79.